The van der Waals surface area contributed by atoms with Crippen LogP contribution in [0.1, 0.15) is 5.56 Å². The molecule has 1 amide bonds. The Morgan fingerprint density at radius 2 is 2.00 bits per heavy atom. The number of nitro benzene ring substituents is 1. The van der Waals surface area contributed by atoms with Crippen LogP contribution in [0.25, 0.3) is 11.0 Å². The minimum Gasteiger partial charge on any atom is -0.333 e. The molecular weight excluding hydrogens is 385 g/mol. The van der Waals surface area contributed by atoms with Crippen molar-refractivity contribution in [2.45, 2.75) is 11.3 Å². The zero-order valence-corrected chi connectivity index (χ0v) is 14.2. The lowest BCUT2D eigenvalue weighted by Crippen LogP contribution is -2.18. The van der Waals surface area contributed by atoms with Gasteiger partial charge in [-0.1, -0.05) is 23.9 Å². The highest BCUT2D eigenvalue weighted by Crippen LogP contribution is 2.37. The molecule has 2 N–H and O–H groups in total. The number of nitrogens with zero attached hydrogens (tertiary/aromatic N) is 2. The zero-order chi connectivity index (χ0) is 19.6. The highest BCUT2D eigenvalue weighted by molar-refractivity contribution is 7.99. The number of fused-ring (bicyclic) bond motifs is 1. The number of hydrogen-bond acceptors (Lipinski definition) is 5. The zero-order valence-electron chi connectivity index (χ0n) is 13.4. The number of thioether (sulfide) groups is 1. The quantitative estimate of drug-likeness (QED) is 0.382. The summed E-state index contributed by atoms with van der Waals surface area (Å²) in [6.07, 6.45) is -4.85. The SMILES string of the molecule is O=C(CSc1nc2ccccc2[nH]1)Nc1ccc([N+](=O)[O-])cc1C(F)(F)F. The van der Waals surface area contributed by atoms with Crippen LogP contribution in [0.5, 0.6) is 0 Å². The normalized spacial score (nSPS) is 11.5. The monoisotopic (exact) mass is 396 g/mol. The van der Waals surface area contributed by atoms with Gasteiger partial charge in [0, 0.05) is 12.1 Å². The van der Waals surface area contributed by atoms with Gasteiger partial charge in [0.15, 0.2) is 5.16 Å². The summed E-state index contributed by atoms with van der Waals surface area (Å²) in [6.45, 7) is 0. The molecule has 140 valence electrons. The lowest BCUT2D eigenvalue weighted by Gasteiger charge is -2.13. The summed E-state index contributed by atoms with van der Waals surface area (Å²) in [6, 6.07) is 9.36. The first-order valence-electron chi connectivity index (χ1n) is 7.47. The van der Waals surface area contributed by atoms with Gasteiger partial charge >= 0.3 is 6.18 Å². The summed E-state index contributed by atoms with van der Waals surface area (Å²) in [5.74, 6) is -0.881. The topological polar surface area (TPSA) is 101 Å². The highest BCUT2D eigenvalue weighted by atomic mass is 32.2. The number of carbonyl (C=O) groups excluding carboxylic acids is 1. The van der Waals surface area contributed by atoms with Crippen LogP contribution < -0.4 is 5.32 Å². The van der Waals surface area contributed by atoms with Crippen LogP contribution in [-0.4, -0.2) is 26.6 Å². The predicted octanol–water partition coefficient (Wildman–Crippen LogP) is 4.22. The molecule has 0 bridgehead atoms. The van der Waals surface area contributed by atoms with Crippen LogP contribution in [0, 0.1) is 10.1 Å². The van der Waals surface area contributed by atoms with E-state index in [1.165, 1.54) is 0 Å². The van der Waals surface area contributed by atoms with E-state index >= 15 is 0 Å². The van der Waals surface area contributed by atoms with Crippen LogP contribution in [0.3, 0.4) is 0 Å². The summed E-state index contributed by atoms with van der Waals surface area (Å²) < 4.78 is 39.4. The fourth-order valence-electron chi connectivity index (χ4n) is 2.31. The lowest BCUT2D eigenvalue weighted by atomic mass is 10.1. The van der Waals surface area contributed by atoms with E-state index in [4.69, 9.17) is 0 Å². The minimum absolute atomic E-state index is 0.186. The maximum absolute atomic E-state index is 13.1. The molecular formula is C16H11F3N4O3S. The van der Waals surface area contributed by atoms with Crippen molar-refractivity contribution in [3.05, 3.63) is 58.1 Å². The number of non-ortho nitro benzene ring substituents is 1. The van der Waals surface area contributed by atoms with Crippen molar-refractivity contribution >= 4 is 40.1 Å². The van der Waals surface area contributed by atoms with Gasteiger partial charge in [-0.05, 0) is 18.2 Å². The maximum atomic E-state index is 13.1. The second kappa shape index (κ2) is 7.27. The molecule has 7 nitrogen and oxygen atoms in total. The summed E-state index contributed by atoms with van der Waals surface area (Å²) >= 11 is 1.03. The van der Waals surface area contributed by atoms with Gasteiger partial charge in [-0.2, -0.15) is 13.2 Å². The molecule has 2 aromatic carbocycles. The number of nitro groups is 1. The number of hydrogen-bond donors (Lipinski definition) is 2. The van der Waals surface area contributed by atoms with E-state index < -0.39 is 33.9 Å². The molecule has 0 aliphatic carbocycles. The number of alkyl halides is 3. The summed E-state index contributed by atoms with van der Waals surface area (Å²) in [5, 5.41) is 13.3. The summed E-state index contributed by atoms with van der Waals surface area (Å²) in [7, 11) is 0. The predicted molar refractivity (Wildman–Crippen MR) is 93.5 cm³/mol. The highest BCUT2D eigenvalue weighted by Gasteiger charge is 2.35. The van der Waals surface area contributed by atoms with Gasteiger partial charge in [0.1, 0.15) is 0 Å². The number of amides is 1. The molecule has 3 aromatic rings. The summed E-state index contributed by atoms with van der Waals surface area (Å²) in [4.78, 5) is 29.0. The molecule has 0 saturated heterocycles. The molecule has 27 heavy (non-hydrogen) atoms. The van der Waals surface area contributed by atoms with Gasteiger partial charge in [-0.25, -0.2) is 4.98 Å². The van der Waals surface area contributed by atoms with Gasteiger partial charge in [0.05, 0.1) is 33.0 Å². The van der Waals surface area contributed by atoms with E-state index in [1.807, 2.05) is 6.07 Å². The Morgan fingerprint density at radius 1 is 1.26 bits per heavy atom. The molecule has 0 aliphatic rings. The number of carbonyl (C=O) groups is 1. The smallest absolute Gasteiger partial charge is 0.333 e. The molecule has 0 radical (unpaired) electrons. The Bertz CT molecular complexity index is 987. The molecule has 0 saturated carbocycles. The number of imidazole rings is 1. The second-order valence-electron chi connectivity index (χ2n) is 5.38. The number of aromatic amines is 1. The van der Waals surface area contributed by atoms with Gasteiger partial charge in [-0.15, -0.1) is 0 Å². The molecule has 11 heteroatoms. The van der Waals surface area contributed by atoms with Crippen LogP contribution in [-0.2, 0) is 11.0 Å². The summed E-state index contributed by atoms with van der Waals surface area (Å²) in [5.41, 5.74) is -1.05. The lowest BCUT2D eigenvalue weighted by molar-refractivity contribution is -0.385. The third kappa shape index (κ3) is 4.37. The van der Waals surface area contributed by atoms with Gasteiger partial charge < -0.3 is 10.3 Å². The van der Waals surface area contributed by atoms with Crippen molar-refractivity contribution in [2.75, 3.05) is 11.1 Å². The number of aromatic nitrogens is 2. The average molecular weight is 396 g/mol. The van der Waals surface area contributed by atoms with Gasteiger partial charge in [0.2, 0.25) is 5.91 Å². The molecule has 0 fully saturated rings. The van der Waals surface area contributed by atoms with Crippen molar-refractivity contribution < 1.29 is 22.9 Å². The third-order valence-electron chi connectivity index (χ3n) is 3.50. The molecule has 0 atom stereocenters. The molecule has 1 aromatic heterocycles. The number of H-pyrrole nitrogens is 1. The van der Waals surface area contributed by atoms with E-state index in [0.29, 0.717) is 16.7 Å². The molecule has 1 heterocycles. The first-order valence-corrected chi connectivity index (χ1v) is 8.45. The van der Waals surface area contributed by atoms with Gasteiger partial charge in [0.25, 0.3) is 5.69 Å². The number of rotatable bonds is 5. The van der Waals surface area contributed by atoms with Crippen LogP contribution in [0.15, 0.2) is 47.6 Å². The number of anilines is 1. The van der Waals surface area contributed by atoms with Crippen molar-refractivity contribution in [1.29, 1.82) is 0 Å². The van der Waals surface area contributed by atoms with E-state index in [-0.39, 0.29) is 5.75 Å². The Hall–Kier alpha value is -3.08. The first-order chi connectivity index (χ1) is 12.7. The number of nitrogens with one attached hydrogen (secondary N) is 2. The minimum atomic E-state index is -4.85. The molecule has 0 aliphatic heterocycles. The van der Waals surface area contributed by atoms with E-state index in [9.17, 15) is 28.1 Å². The second-order valence-corrected chi connectivity index (χ2v) is 6.34. The van der Waals surface area contributed by atoms with E-state index in [1.54, 1.807) is 18.2 Å². The largest absolute Gasteiger partial charge is 0.418 e. The van der Waals surface area contributed by atoms with E-state index in [0.717, 1.165) is 29.4 Å². The Morgan fingerprint density at radius 3 is 2.67 bits per heavy atom. The number of para-hydroxylation sites is 2. The Kier molecular flexibility index (Phi) is 5.04. The maximum Gasteiger partial charge on any atom is 0.418 e. The fraction of sp³-hybridized carbons (Fsp3) is 0.125. The average Bonchev–Trinajstić information content (AvgIpc) is 3.02. The first kappa shape index (κ1) is 18.7. The Balaban J connectivity index is 1.72. The van der Waals surface area contributed by atoms with Crippen LogP contribution in [0.4, 0.5) is 24.5 Å². The number of halogens is 3. The molecule has 0 spiro atoms. The third-order valence-corrected chi connectivity index (χ3v) is 4.37. The fourth-order valence-corrected chi connectivity index (χ4v) is 2.99. The van der Waals surface area contributed by atoms with E-state index in [2.05, 4.69) is 15.3 Å². The van der Waals surface area contributed by atoms with Crippen molar-refractivity contribution in [2.24, 2.45) is 0 Å². The van der Waals surface area contributed by atoms with Crippen LogP contribution >= 0.6 is 11.8 Å². The van der Waals surface area contributed by atoms with Crippen molar-refractivity contribution in [3.63, 3.8) is 0 Å². The molecule has 0 unspecified atom stereocenters. The van der Waals surface area contributed by atoms with Crippen molar-refractivity contribution in [3.8, 4) is 0 Å². The Labute approximate surface area is 154 Å². The number of benzene rings is 2. The molecule has 3 rings (SSSR count). The standard InChI is InChI=1S/C16H11F3N4O3S/c17-16(18,19)10-7-9(23(25)26)5-6-11(10)20-14(24)8-27-15-21-12-3-1-2-4-13(12)22-15/h1-7H,8H2,(H,20,24)(H,21,22). The van der Waals surface area contributed by atoms with Crippen molar-refractivity contribution in [1.82, 2.24) is 9.97 Å². The van der Waals surface area contributed by atoms with Gasteiger partial charge in [-0.3, -0.25) is 14.9 Å². The van der Waals surface area contributed by atoms with Crippen LogP contribution in [0.2, 0.25) is 0 Å².